The van der Waals surface area contributed by atoms with Crippen molar-refractivity contribution in [2.45, 2.75) is 37.5 Å². The smallest absolute Gasteiger partial charge is 0.211 e. The van der Waals surface area contributed by atoms with E-state index >= 15 is 0 Å². The number of sulfonamides is 1. The van der Waals surface area contributed by atoms with Crippen molar-refractivity contribution in [1.82, 2.24) is 4.72 Å². The summed E-state index contributed by atoms with van der Waals surface area (Å²) in [7, 11) is -3.47. The van der Waals surface area contributed by atoms with E-state index in [9.17, 15) is 8.42 Å². The molecule has 1 aromatic carbocycles. The Morgan fingerprint density at radius 1 is 1.40 bits per heavy atom. The Morgan fingerprint density at radius 3 is 2.60 bits per heavy atom. The van der Waals surface area contributed by atoms with Crippen molar-refractivity contribution in [2.75, 3.05) is 6.54 Å². The summed E-state index contributed by atoms with van der Waals surface area (Å²) >= 11 is 0. The fourth-order valence-electron chi connectivity index (χ4n) is 2.92. The quantitative estimate of drug-likeness (QED) is 0.904. The lowest BCUT2D eigenvalue weighted by atomic mass is 10.0. The van der Waals surface area contributed by atoms with E-state index in [0.29, 0.717) is 17.7 Å². The molecule has 20 heavy (non-hydrogen) atoms. The van der Waals surface area contributed by atoms with Crippen LogP contribution in [-0.2, 0) is 10.0 Å². The molecule has 0 radical (unpaired) electrons. The molecule has 0 spiro atoms. The van der Waals surface area contributed by atoms with Gasteiger partial charge in [-0.1, -0.05) is 0 Å². The molecule has 106 valence electrons. The molecule has 0 unspecified atom stereocenters. The number of nitriles is 1. The maximum atomic E-state index is 12.4. The van der Waals surface area contributed by atoms with Gasteiger partial charge in [0.15, 0.2) is 0 Å². The third kappa shape index (κ3) is 2.46. The number of nitrogens with zero attached hydrogens (tertiary/aromatic N) is 1. The van der Waals surface area contributed by atoms with Crippen molar-refractivity contribution in [1.29, 1.82) is 5.26 Å². The molecule has 0 heterocycles. The van der Waals surface area contributed by atoms with Crippen molar-refractivity contribution < 1.29 is 8.42 Å². The van der Waals surface area contributed by atoms with E-state index in [1.165, 1.54) is 18.9 Å². The van der Waals surface area contributed by atoms with Crippen molar-refractivity contribution in [2.24, 2.45) is 11.3 Å². The zero-order valence-electron chi connectivity index (χ0n) is 11.5. The highest BCUT2D eigenvalue weighted by molar-refractivity contribution is 7.89. The molecule has 1 N–H and O–H groups in total. The second-order valence-electron chi connectivity index (χ2n) is 6.05. The third-order valence-corrected chi connectivity index (χ3v) is 6.10. The number of nitrogens with one attached hydrogen (secondary N) is 1. The van der Waals surface area contributed by atoms with Crippen molar-refractivity contribution in [3.8, 4) is 6.07 Å². The van der Waals surface area contributed by atoms with Crippen LogP contribution >= 0.6 is 0 Å². The maximum Gasteiger partial charge on any atom is 0.240 e. The van der Waals surface area contributed by atoms with Gasteiger partial charge < -0.3 is 0 Å². The summed E-state index contributed by atoms with van der Waals surface area (Å²) in [6.07, 6.45) is 4.79. The van der Waals surface area contributed by atoms with Crippen molar-refractivity contribution in [3.05, 3.63) is 29.3 Å². The predicted octanol–water partition coefficient (Wildman–Crippen LogP) is 2.34. The lowest BCUT2D eigenvalue weighted by Gasteiger charge is -2.16. The average Bonchev–Trinajstić information content (AvgIpc) is 3.27. The number of rotatable bonds is 5. The van der Waals surface area contributed by atoms with Gasteiger partial charge in [0.1, 0.15) is 0 Å². The van der Waals surface area contributed by atoms with Crippen molar-refractivity contribution in [3.63, 3.8) is 0 Å². The molecule has 3 rings (SSSR count). The van der Waals surface area contributed by atoms with E-state index in [4.69, 9.17) is 5.26 Å². The SMILES string of the molecule is Cc1cc(C#N)ccc1S(=O)(=O)NCC1(C2CC2)CC1. The fraction of sp³-hybridized carbons (Fsp3) is 0.533. The van der Waals surface area contributed by atoms with Crippen molar-refractivity contribution >= 4 is 10.0 Å². The summed E-state index contributed by atoms with van der Waals surface area (Å²) in [4.78, 5) is 0.281. The number of hydrogen-bond donors (Lipinski definition) is 1. The topological polar surface area (TPSA) is 70.0 Å². The van der Waals surface area contributed by atoms with E-state index in [-0.39, 0.29) is 10.3 Å². The van der Waals surface area contributed by atoms with Gasteiger partial charge in [-0.05, 0) is 67.7 Å². The van der Waals surface area contributed by atoms with Gasteiger partial charge >= 0.3 is 0 Å². The minimum atomic E-state index is -3.47. The molecule has 2 aliphatic carbocycles. The second-order valence-corrected chi connectivity index (χ2v) is 7.79. The van der Waals surface area contributed by atoms with Gasteiger partial charge in [0, 0.05) is 6.54 Å². The van der Waals surface area contributed by atoms with Crippen LogP contribution in [0.5, 0.6) is 0 Å². The van der Waals surface area contributed by atoms with Crippen LogP contribution in [0.25, 0.3) is 0 Å². The van der Waals surface area contributed by atoms with Crippen LogP contribution in [0.2, 0.25) is 0 Å². The largest absolute Gasteiger partial charge is 0.240 e. The Labute approximate surface area is 119 Å². The highest BCUT2D eigenvalue weighted by Crippen LogP contribution is 2.60. The van der Waals surface area contributed by atoms with Gasteiger partial charge in [-0.15, -0.1) is 0 Å². The first-order valence-electron chi connectivity index (χ1n) is 6.97. The predicted molar refractivity (Wildman–Crippen MR) is 75.5 cm³/mol. The molecular formula is C15H18N2O2S. The molecule has 0 amide bonds. The van der Waals surface area contributed by atoms with Crippen LogP contribution in [0.1, 0.15) is 36.8 Å². The highest BCUT2D eigenvalue weighted by atomic mass is 32.2. The summed E-state index contributed by atoms with van der Waals surface area (Å²) in [5.41, 5.74) is 1.35. The molecule has 4 nitrogen and oxygen atoms in total. The van der Waals surface area contributed by atoms with Gasteiger partial charge in [-0.3, -0.25) is 0 Å². The molecule has 2 aliphatic rings. The second kappa shape index (κ2) is 4.57. The van der Waals surface area contributed by atoms with E-state index in [1.54, 1.807) is 19.1 Å². The number of benzene rings is 1. The minimum Gasteiger partial charge on any atom is -0.211 e. The Bertz CT molecular complexity index is 680. The normalized spacial score (nSPS) is 20.4. The monoisotopic (exact) mass is 290 g/mol. The van der Waals surface area contributed by atoms with Crippen LogP contribution in [0, 0.1) is 29.6 Å². The molecule has 1 aromatic rings. The van der Waals surface area contributed by atoms with E-state index in [2.05, 4.69) is 4.72 Å². The molecule has 0 bridgehead atoms. The molecule has 0 saturated heterocycles. The summed E-state index contributed by atoms with van der Waals surface area (Å²) in [6.45, 7) is 2.28. The maximum absolute atomic E-state index is 12.4. The molecule has 0 aromatic heterocycles. The molecule has 5 heteroatoms. The van der Waals surface area contributed by atoms with E-state index in [1.807, 2.05) is 6.07 Å². The zero-order valence-corrected chi connectivity index (χ0v) is 12.3. The van der Waals surface area contributed by atoms with Crippen LogP contribution in [-0.4, -0.2) is 15.0 Å². The number of aryl methyl sites for hydroxylation is 1. The minimum absolute atomic E-state index is 0.244. The van der Waals surface area contributed by atoms with Crippen LogP contribution in [0.3, 0.4) is 0 Å². The average molecular weight is 290 g/mol. The summed E-state index contributed by atoms with van der Waals surface area (Å²) in [5.74, 6) is 0.729. The lowest BCUT2D eigenvalue weighted by molar-refractivity contribution is 0.432. The summed E-state index contributed by atoms with van der Waals surface area (Å²) < 4.78 is 27.5. The van der Waals surface area contributed by atoms with Gasteiger partial charge in [0.05, 0.1) is 16.5 Å². The van der Waals surface area contributed by atoms with Crippen LogP contribution in [0.4, 0.5) is 0 Å². The molecule has 2 saturated carbocycles. The molecule has 2 fully saturated rings. The van der Waals surface area contributed by atoms with E-state index in [0.717, 1.165) is 18.8 Å². The van der Waals surface area contributed by atoms with Crippen LogP contribution in [0.15, 0.2) is 23.1 Å². The summed E-state index contributed by atoms with van der Waals surface area (Å²) in [5, 5.41) is 8.83. The third-order valence-electron chi connectivity index (χ3n) is 4.54. The molecular weight excluding hydrogens is 272 g/mol. The zero-order chi connectivity index (χ0) is 14.4. The number of hydrogen-bond acceptors (Lipinski definition) is 3. The van der Waals surface area contributed by atoms with Gasteiger partial charge in [-0.25, -0.2) is 13.1 Å². The Balaban J connectivity index is 1.76. The Morgan fingerprint density at radius 2 is 2.10 bits per heavy atom. The molecule has 0 atom stereocenters. The molecule has 0 aliphatic heterocycles. The van der Waals surface area contributed by atoms with Crippen LogP contribution < -0.4 is 4.72 Å². The highest BCUT2D eigenvalue weighted by Gasteiger charge is 2.53. The first-order valence-corrected chi connectivity index (χ1v) is 8.46. The van der Waals surface area contributed by atoms with Gasteiger partial charge in [-0.2, -0.15) is 5.26 Å². The first kappa shape index (κ1) is 13.6. The van der Waals surface area contributed by atoms with Gasteiger partial charge in [0.2, 0.25) is 10.0 Å². The van der Waals surface area contributed by atoms with Gasteiger partial charge in [0.25, 0.3) is 0 Å². The Hall–Kier alpha value is -1.38. The lowest BCUT2D eigenvalue weighted by Crippen LogP contribution is -2.31. The van der Waals surface area contributed by atoms with E-state index < -0.39 is 10.0 Å². The fourth-order valence-corrected chi connectivity index (χ4v) is 4.29. The first-order chi connectivity index (χ1) is 9.47. The standard InChI is InChI=1S/C15H18N2O2S/c1-11-8-12(9-16)2-5-14(11)20(18,19)17-10-15(6-7-15)13-3-4-13/h2,5,8,13,17H,3-4,6-7,10H2,1H3. The Kier molecular flexibility index (Phi) is 3.11. The summed E-state index contributed by atoms with van der Waals surface area (Å²) in [6, 6.07) is 6.71.